The summed E-state index contributed by atoms with van der Waals surface area (Å²) in [6.45, 7) is 6.79. The van der Waals surface area contributed by atoms with Gasteiger partial charge in [-0.3, -0.25) is 4.79 Å². The number of methoxy groups -OCH3 is 1. The van der Waals surface area contributed by atoms with Crippen molar-refractivity contribution in [3.8, 4) is 0 Å². The minimum atomic E-state index is 0.133. The lowest BCUT2D eigenvalue weighted by molar-refractivity contribution is 0.102. The molecule has 0 spiro atoms. The number of carbonyl (C=O) groups excluding carboxylic acids is 1. The molecular formula is C22H28N4O2S2. The van der Waals surface area contributed by atoms with E-state index in [2.05, 4.69) is 43.8 Å². The Kier molecular flexibility index (Phi) is 6.46. The summed E-state index contributed by atoms with van der Waals surface area (Å²) in [6, 6.07) is 6.87. The molecule has 0 radical (unpaired) electrons. The zero-order valence-corrected chi connectivity index (χ0v) is 19.6. The molecule has 0 N–H and O–H groups in total. The molecule has 8 heteroatoms. The predicted octanol–water partition coefficient (Wildman–Crippen LogP) is 4.87. The normalized spacial score (nSPS) is 14.9. The van der Waals surface area contributed by atoms with E-state index in [-0.39, 0.29) is 11.8 Å². The number of ether oxygens (including phenoxy) is 1. The largest absolute Gasteiger partial charge is 0.383 e. The fourth-order valence-electron chi connectivity index (χ4n) is 4.06. The van der Waals surface area contributed by atoms with Gasteiger partial charge in [-0.05, 0) is 51.1 Å². The first-order chi connectivity index (χ1) is 14.5. The fraction of sp³-hybridized carbons (Fsp3) is 0.500. The van der Waals surface area contributed by atoms with Gasteiger partial charge in [0.25, 0.3) is 0 Å². The van der Waals surface area contributed by atoms with Crippen molar-refractivity contribution in [3.63, 3.8) is 0 Å². The summed E-state index contributed by atoms with van der Waals surface area (Å²) in [4.78, 5) is 14.3. The van der Waals surface area contributed by atoms with E-state index in [0.29, 0.717) is 18.4 Å². The Hall–Kier alpha value is -1.90. The number of ketones is 1. The lowest BCUT2D eigenvalue weighted by Gasteiger charge is -2.17. The van der Waals surface area contributed by atoms with Crippen molar-refractivity contribution < 1.29 is 9.53 Å². The quantitative estimate of drug-likeness (QED) is 0.330. The number of thioether (sulfide) groups is 1. The highest BCUT2D eigenvalue weighted by Gasteiger charge is 2.30. The van der Waals surface area contributed by atoms with Gasteiger partial charge in [-0.25, -0.2) is 0 Å². The maximum absolute atomic E-state index is 13.0. The monoisotopic (exact) mass is 444 g/mol. The maximum Gasteiger partial charge on any atom is 0.191 e. The summed E-state index contributed by atoms with van der Waals surface area (Å²) >= 11 is 3.24. The van der Waals surface area contributed by atoms with Crippen LogP contribution in [0.1, 0.15) is 64.3 Å². The zero-order chi connectivity index (χ0) is 21.3. The maximum atomic E-state index is 13.0. The molecule has 0 aromatic carbocycles. The van der Waals surface area contributed by atoms with Crippen molar-refractivity contribution in [2.45, 2.75) is 57.3 Å². The molecule has 1 atom stereocenters. The molecule has 1 aliphatic carbocycles. The van der Waals surface area contributed by atoms with Crippen LogP contribution in [0.4, 0.5) is 0 Å². The highest BCUT2D eigenvalue weighted by atomic mass is 32.2. The van der Waals surface area contributed by atoms with Crippen molar-refractivity contribution in [2.75, 3.05) is 19.5 Å². The number of rotatable bonds is 10. The van der Waals surface area contributed by atoms with E-state index in [1.54, 1.807) is 18.4 Å². The highest BCUT2D eigenvalue weighted by Crippen LogP contribution is 2.39. The summed E-state index contributed by atoms with van der Waals surface area (Å²) in [5, 5.41) is 11.8. The number of hydrogen-bond donors (Lipinski definition) is 0. The molecule has 1 unspecified atom stereocenters. The summed E-state index contributed by atoms with van der Waals surface area (Å²) in [5.74, 6) is 1.50. The molecule has 1 aliphatic rings. The first kappa shape index (κ1) is 21.3. The minimum Gasteiger partial charge on any atom is -0.383 e. The predicted molar refractivity (Wildman–Crippen MR) is 121 cm³/mol. The molecule has 160 valence electrons. The van der Waals surface area contributed by atoms with Crippen LogP contribution < -0.4 is 0 Å². The van der Waals surface area contributed by atoms with Crippen LogP contribution in [0.5, 0.6) is 0 Å². The van der Waals surface area contributed by atoms with Crippen LogP contribution in [0.3, 0.4) is 0 Å². The molecule has 4 rings (SSSR count). The van der Waals surface area contributed by atoms with Crippen LogP contribution in [0.2, 0.25) is 0 Å². The SMILES string of the molecule is COCC(C)n1c(C)cc(C(=O)CSc2nnc(Cc3cccs3)n2C2CC2)c1C. The second-order valence-corrected chi connectivity index (χ2v) is 9.90. The number of nitrogens with zero attached hydrogens (tertiary/aromatic N) is 4. The molecule has 1 fully saturated rings. The molecule has 6 nitrogen and oxygen atoms in total. The second-order valence-electron chi connectivity index (χ2n) is 7.93. The van der Waals surface area contributed by atoms with Gasteiger partial charge in [-0.2, -0.15) is 0 Å². The van der Waals surface area contributed by atoms with E-state index >= 15 is 0 Å². The molecule has 30 heavy (non-hydrogen) atoms. The number of Topliss-reactive ketones (excluding diaryl/α,β-unsaturated/α-hetero) is 1. The van der Waals surface area contributed by atoms with E-state index < -0.39 is 0 Å². The van der Waals surface area contributed by atoms with Crippen molar-refractivity contribution in [3.05, 3.63) is 51.2 Å². The second kappa shape index (κ2) is 9.08. The molecule has 0 bridgehead atoms. The van der Waals surface area contributed by atoms with Gasteiger partial charge in [0.1, 0.15) is 5.82 Å². The van der Waals surface area contributed by atoms with Crippen LogP contribution >= 0.6 is 23.1 Å². The molecule has 0 saturated heterocycles. The fourth-order valence-corrected chi connectivity index (χ4v) is 5.67. The molecular weight excluding hydrogens is 416 g/mol. The van der Waals surface area contributed by atoms with Gasteiger partial charge in [0, 0.05) is 41.4 Å². The molecule has 0 amide bonds. The van der Waals surface area contributed by atoms with E-state index in [4.69, 9.17) is 4.74 Å². The molecule has 3 heterocycles. The van der Waals surface area contributed by atoms with Crippen LogP contribution in [0, 0.1) is 13.8 Å². The Morgan fingerprint density at radius 1 is 1.37 bits per heavy atom. The lowest BCUT2D eigenvalue weighted by Crippen LogP contribution is -2.15. The Balaban J connectivity index is 1.48. The van der Waals surface area contributed by atoms with Gasteiger partial charge in [0.15, 0.2) is 10.9 Å². The molecule has 3 aromatic rings. The lowest BCUT2D eigenvalue weighted by atomic mass is 10.2. The Bertz CT molecular complexity index is 1020. The minimum absolute atomic E-state index is 0.133. The van der Waals surface area contributed by atoms with Crippen molar-refractivity contribution in [1.29, 1.82) is 0 Å². The third-order valence-electron chi connectivity index (χ3n) is 5.53. The van der Waals surface area contributed by atoms with Crippen molar-refractivity contribution in [2.24, 2.45) is 0 Å². The molecule has 0 aliphatic heterocycles. The number of aromatic nitrogens is 4. The smallest absolute Gasteiger partial charge is 0.191 e. The third-order valence-corrected chi connectivity index (χ3v) is 7.34. The zero-order valence-electron chi connectivity index (χ0n) is 17.9. The summed E-state index contributed by atoms with van der Waals surface area (Å²) in [5.41, 5.74) is 2.88. The van der Waals surface area contributed by atoms with Crippen LogP contribution in [0.25, 0.3) is 0 Å². The van der Waals surface area contributed by atoms with Crippen LogP contribution in [-0.2, 0) is 11.2 Å². The first-order valence-electron chi connectivity index (χ1n) is 10.3. The molecule has 1 saturated carbocycles. The van der Waals surface area contributed by atoms with Crippen molar-refractivity contribution in [1.82, 2.24) is 19.3 Å². The van der Waals surface area contributed by atoms with E-state index in [1.165, 1.54) is 16.6 Å². The number of hydrogen-bond acceptors (Lipinski definition) is 6. The topological polar surface area (TPSA) is 61.9 Å². The van der Waals surface area contributed by atoms with Gasteiger partial charge < -0.3 is 13.9 Å². The van der Waals surface area contributed by atoms with Gasteiger partial charge in [-0.15, -0.1) is 21.5 Å². The Labute approximate surface area is 185 Å². The third kappa shape index (κ3) is 4.40. The van der Waals surface area contributed by atoms with Gasteiger partial charge in [0.2, 0.25) is 0 Å². The summed E-state index contributed by atoms with van der Waals surface area (Å²) in [6.07, 6.45) is 3.12. The van der Waals surface area contributed by atoms with Gasteiger partial charge in [0.05, 0.1) is 18.4 Å². The van der Waals surface area contributed by atoms with Crippen molar-refractivity contribution >= 4 is 28.9 Å². The average Bonchev–Trinajstić information content (AvgIpc) is 3.13. The van der Waals surface area contributed by atoms with Gasteiger partial charge >= 0.3 is 0 Å². The van der Waals surface area contributed by atoms with E-state index in [1.807, 2.05) is 19.9 Å². The van der Waals surface area contributed by atoms with E-state index in [0.717, 1.165) is 47.2 Å². The standard InChI is InChI=1S/C22H28N4O2S2/c1-14-10-19(16(3)25(14)15(2)12-28-4)20(27)13-30-22-24-23-21(26(22)17-7-8-17)11-18-6-5-9-29-18/h5-6,9-10,15,17H,7-8,11-13H2,1-4H3. The summed E-state index contributed by atoms with van der Waals surface area (Å²) < 4.78 is 9.74. The Morgan fingerprint density at radius 3 is 2.83 bits per heavy atom. The summed E-state index contributed by atoms with van der Waals surface area (Å²) in [7, 11) is 1.70. The number of carbonyl (C=O) groups is 1. The highest BCUT2D eigenvalue weighted by molar-refractivity contribution is 7.99. The molecule has 3 aromatic heterocycles. The number of thiophene rings is 1. The Morgan fingerprint density at radius 2 is 2.17 bits per heavy atom. The van der Waals surface area contributed by atoms with Crippen LogP contribution in [-0.4, -0.2) is 44.6 Å². The first-order valence-corrected chi connectivity index (χ1v) is 12.2. The van der Waals surface area contributed by atoms with Gasteiger partial charge in [-0.1, -0.05) is 17.8 Å². The van der Waals surface area contributed by atoms with Crippen LogP contribution in [0.15, 0.2) is 28.7 Å². The number of aryl methyl sites for hydroxylation is 1. The van der Waals surface area contributed by atoms with E-state index in [9.17, 15) is 4.79 Å². The average molecular weight is 445 g/mol.